The van der Waals surface area contributed by atoms with E-state index >= 15 is 0 Å². The van der Waals surface area contributed by atoms with Gasteiger partial charge >= 0.3 is 0 Å². The lowest BCUT2D eigenvalue weighted by Crippen LogP contribution is -1.95. The number of rotatable bonds is 3. The Balaban J connectivity index is 3.34. The molecule has 0 aliphatic carbocycles. The summed E-state index contributed by atoms with van der Waals surface area (Å²) in [6.07, 6.45) is 0. The summed E-state index contributed by atoms with van der Waals surface area (Å²) in [6.45, 7) is 0. The number of nitriles is 1. The van der Waals surface area contributed by atoms with Crippen molar-refractivity contribution in [1.29, 1.82) is 5.26 Å². The number of halogens is 1. The molecule has 0 bridgehead atoms. The van der Waals surface area contributed by atoms with Gasteiger partial charge in [0.2, 0.25) is 0 Å². The highest BCUT2D eigenvalue weighted by Gasteiger charge is 2.10. The molecule has 0 aliphatic heterocycles. The van der Waals surface area contributed by atoms with Crippen LogP contribution in [0.15, 0.2) is 12.1 Å². The average Bonchev–Trinajstić information content (AvgIpc) is 2.26. The first kappa shape index (κ1) is 10.9. The second-order valence-corrected chi connectivity index (χ2v) is 3.16. The molecule has 0 heterocycles. The zero-order chi connectivity index (χ0) is 10.6. The van der Waals surface area contributed by atoms with Gasteiger partial charge in [-0.15, -0.1) is 0 Å². The molecule has 0 aromatic heterocycles. The van der Waals surface area contributed by atoms with E-state index in [1.807, 2.05) is 0 Å². The van der Waals surface area contributed by atoms with Crippen LogP contribution in [0, 0.1) is 11.3 Å². The van der Waals surface area contributed by atoms with E-state index < -0.39 is 0 Å². The minimum Gasteiger partial charge on any atom is -0.497 e. The van der Waals surface area contributed by atoms with E-state index in [1.165, 1.54) is 0 Å². The maximum Gasteiger partial charge on any atom is 0.127 e. The van der Waals surface area contributed by atoms with Gasteiger partial charge in [-0.2, -0.15) is 5.26 Å². The predicted molar refractivity (Wildman–Crippen MR) is 56.9 cm³/mol. The normalized spacial score (nSPS) is 9.29. The Morgan fingerprint density at radius 2 is 2.07 bits per heavy atom. The van der Waals surface area contributed by atoms with Crippen LogP contribution in [0.25, 0.3) is 0 Å². The number of hydrogen-bond donors (Lipinski definition) is 0. The van der Waals surface area contributed by atoms with Gasteiger partial charge in [-0.05, 0) is 6.07 Å². The van der Waals surface area contributed by atoms with E-state index in [4.69, 9.17) is 14.7 Å². The van der Waals surface area contributed by atoms with Gasteiger partial charge in [0.15, 0.2) is 0 Å². The van der Waals surface area contributed by atoms with Crippen molar-refractivity contribution in [3.63, 3.8) is 0 Å². The zero-order valence-corrected chi connectivity index (χ0v) is 9.59. The molecule has 0 N–H and O–H groups in total. The monoisotopic (exact) mass is 255 g/mol. The molecule has 0 saturated heterocycles. The third-order valence-corrected chi connectivity index (χ3v) is 2.45. The molecule has 1 aromatic rings. The topological polar surface area (TPSA) is 42.2 Å². The predicted octanol–water partition coefficient (Wildman–Crippen LogP) is 2.47. The number of hydrogen-bond acceptors (Lipinski definition) is 3. The quantitative estimate of drug-likeness (QED) is 0.780. The van der Waals surface area contributed by atoms with E-state index in [2.05, 4.69) is 22.0 Å². The van der Waals surface area contributed by atoms with Crippen LogP contribution in [0.3, 0.4) is 0 Å². The minimum atomic E-state index is 0.568. The van der Waals surface area contributed by atoms with Crippen molar-refractivity contribution in [2.75, 3.05) is 14.2 Å². The van der Waals surface area contributed by atoms with Gasteiger partial charge in [0.25, 0.3) is 0 Å². The Morgan fingerprint density at radius 1 is 1.36 bits per heavy atom. The maximum absolute atomic E-state index is 8.91. The summed E-state index contributed by atoms with van der Waals surface area (Å²) in [6, 6.07) is 5.56. The summed E-state index contributed by atoms with van der Waals surface area (Å²) in [4.78, 5) is 0. The standard InChI is InChI=1S/C10H10BrNO2/c1-13-8-3-7(6-12)9(5-11)10(4-8)14-2/h3-4H,5H2,1-2H3. The van der Waals surface area contributed by atoms with Crippen LogP contribution in [0.2, 0.25) is 0 Å². The van der Waals surface area contributed by atoms with Crippen LogP contribution in [0.1, 0.15) is 11.1 Å². The molecule has 0 spiro atoms. The molecule has 1 aromatic carbocycles. The molecule has 0 atom stereocenters. The average molecular weight is 256 g/mol. The highest BCUT2D eigenvalue weighted by atomic mass is 79.9. The third kappa shape index (κ3) is 1.99. The van der Waals surface area contributed by atoms with E-state index in [1.54, 1.807) is 26.4 Å². The van der Waals surface area contributed by atoms with Crippen LogP contribution in [-0.2, 0) is 5.33 Å². The van der Waals surface area contributed by atoms with Gasteiger partial charge in [-0.1, -0.05) is 15.9 Å². The smallest absolute Gasteiger partial charge is 0.127 e. The Hall–Kier alpha value is -1.21. The van der Waals surface area contributed by atoms with Crippen LogP contribution >= 0.6 is 15.9 Å². The second kappa shape index (κ2) is 4.87. The van der Waals surface area contributed by atoms with Crippen molar-refractivity contribution in [3.8, 4) is 17.6 Å². The molecular weight excluding hydrogens is 246 g/mol. The van der Waals surface area contributed by atoms with E-state index in [0.717, 1.165) is 5.56 Å². The van der Waals surface area contributed by atoms with E-state index in [-0.39, 0.29) is 0 Å². The van der Waals surface area contributed by atoms with Crippen molar-refractivity contribution in [3.05, 3.63) is 23.3 Å². The summed E-state index contributed by atoms with van der Waals surface area (Å²) in [5, 5.41) is 9.49. The summed E-state index contributed by atoms with van der Waals surface area (Å²) in [5.41, 5.74) is 1.41. The van der Waals surface area contributed by atoms with E-state index in [0.29, 0.717) is 22.4 Å². The molecule has 0 fully saturated rings. The van der Waals surface area contributed by atoms with Gasteiger partial charge in [0.1, 0.15) is 11.5 Å². The molecule has 0 saturated carbocycles. The van der Waals surface area contributed by atoms with Gasteiger partial charge in [-0.3, -0.25) is 0 Å². The molecule has 1 rings (SSSR count). The minimum absolute atomic E-state index is 0.568. The molecule has 0 radical (unpaired) electrons. The molecule has 74 valence electrons. The van der Waals surface area contributed by atoms with Crippen LogP contribution in [0.4, 0.5) is 0 Å². The summed E-state index contributed by atoms with van der Waals surface area (Å²) >= 11 is 3.32. The highest BCUT2D eigenvalue weighted by molar-refractivity contribution is 9.08. The number of benzene rings is 1. The fourth-order valence-corrected chi connectivity index (χ4v) is 1.74. The Morgan fingerprint density at radius 3 is 2.50 bits per heavy atom. The van der Waals surface area contributed by atoms with Crippen molar-refractivity contribution in [1.82, 2.24) is 0 Å². The third-order valence-electron chi connectivity index (χ3n) is 1.89. The molecular formula is C10H10BrNO2. The second-order valence-electron chi connectivity index (χ2n) is 2.60. The van der Waals surface area contributed by atoms with Crippen molar-refractivity contribution >= 4 is 15.9 Å². The number of methoxy groups -OCH3 is 2. The molecule has 0 aliphatic rings. The lowest BCUT2D eigenvalue weighted by molar-refractivity contribution is 0.392. The zero-order valence-electron chi connectivity index (χ0n) is 8.00. The number of ether oxygens (including phenoxy) is 2. The summed E-state index contributed by atoms with van der Waals surface area (Å²) < 4.78 is 10.2. The van der Waals surface area contributed by atoms with Crippen LogP contribution in [-0.4, -0.2) is 14.2 Å². The lowest BCUT2D eigenvalue weighted by atomic mass is 10.1. The first-order chi connectivity index (χ1) is 6.76. The first-order valence-electron chi connectivity index (χ1n) is 3.97. The lowest BCUT2D eigenvalue weighted by Gasteiger charge is -2.09. The van der Waals surface area contributed by atoms with Gasteiger partial charge in [-0.25, -0.2) is 0 Å². The van der Waals surface area contributed by atoms with Crippen LogP contribution in [0.5, 0.6) is 11.5 Å². The van der Waals surface area contributed by atoms with Crippen molar-refractivity contribution < 1.29 is 9.47 Å². The summed E-state index contributed by atoms with van der Waals surface area (Å²) in [7, 11) is 3.13. The SMILES string of the molecule is COc1cc(C#N)c(CBr)c(OC)c1. The Labute approximate surface area is 91.4 Å². The van der Waals surface area contributed by atoms with Crippen molar-refractivity contribution in [2.45, 2.75) is 5.33 Å². The Bertz CT molecular complexity index is 371. The Kier molecular flexibility index (Phi) is 3.78. The van der Waals surface area contributed by atoms with Crippen molar-refractivity contribution in [2.24, 2.45) is 0 Å². The number of nitrogens with zero attached hydrogens (tertiary/aromatic N) is 1. The fourth-order valence-electron chi connectivity index (χ4n) is 1.16. The molecule has 0 amide bonds. The largest absolute Gasteiger partial charge is 0.497 e. The van der Waals surface area contributed by atoms with Gasteiger partial charge < -0.3 is 9.47 Å². The molecule has 4 heteroatoms. The first-order valence-corrected chi connectivity index (χ1v) is 5.10. The van der Waals surface area contributed by atoms with Gasteiger partial charge in [0, 0.05) is 17.0 Å². The van der Waals surface area contributed by atoms with Gasteiger partial charge in [0.05, 0.1) is 25.9 Å². The number of alkyl halides is 1. The fraction of sp³-hybridized carbons (Fsp3) is 0.300. The molecule has 14 heavy (non-hydrogen) atoms. The maximum atomic E-state index is 8.91. The highest BCUT2D eigenvalue weighted by Crippen LogP contribution is 2.29. The summed E-state index contributed by atoms with van der Waals surface area (Å²) in [5.74, 6) is 1.29. The molecule has 0 unspecified atom stereocenters. The molecule has 3 nitrogen and oxygen atoms in total. The van der Waals surface area contributed by atoms with Crippen LogP contribution < -0.4 is 9.47 Å². The van der Waals surface area contributed by atoms with E-state index in [9.17, 15) is 0 Å².